The summed E-state index contributed by atoms with van der Waals surface area (Å²) in [6.07, 6.45) is 28.3. The number of nitrogens with one attached hydrogen (secondary N) is 1. The second-order valence-electron chi connectivity index (χ2n) is 13.0. The van der Waals surface area contributed by atoms with Crippen molar-refractivity contribution >= 4 is 0 Å². The predicted octanol–water partition coefficient (Wildman–Crippen LogP) is 9.02. The zero-order valence-electron chi connectivity index (χ0n) is 25.4. The van der Waals surface area contributed by atoms with Crippen molar-refractivity contribution in [3.8, 4) is 0 Å². The molecule has 2 atom stereocenters. The highest BCUT2D eigenvalue weighted by molar-refractivity contribution is 5.05. The SMILES string of the molecule is CCCCCCCC(CCCCCC)NCN1CC2(C1)CN(CC(CCCCC)CCCCCC)C2. The average Bonchev–Trinajstić information content (AvgIpc) is 2.83. The van der Waals surface area contributed by atoms with Crippen LogP contribution in [0.2, 0.25) is 0 Å². The molecule has 0 bridgehead atoms. The molecule has 0 radical (unpaired) electrons. The summed E-state index contributed by atoms with van der Waals surface area (Å²) >= 11 is 0. The van der Waals surface area contributed by atoms with E-state index in [9.17, 15) is 0 Å². The summed E-state index contributed by atoms with van der Waals surface area (Å²) < 4.78 is 0. The van der Waals surface area contributed by atoms with Crippen molar-refractivity contribution in [2.45, 2.75) is 162 Å². The molecule has 0 aromatic carbocycles. The molecular formula is C33H67N3. The van der Waals surface area contributed by atoms with Gasteiger partial charge in [-0.15, -0.1) is 0 Å². The van der Waals surface area contributed by atoms with Gasteiger partial charge in [0.25, 0.3) is 0 Å². The van der Waals surface area contributed by atoms with Gasteiger partial charge in [-0.25, -0.2) is 0 Å². The van der Waals surface area contributed by atoms with E-state index in [0.29, 0.717) is 5.41 Å². The quantitative estimate of drug-likeness (QED) is 0.125. The first-order valence-electron chi connectivity index (χ1n) is 16.8. The molecule has 1 N–H and O–H groups in total. The molecule has 2 heterocycles. The van der Waals surface area contributed by atoms with Gasteiger partial charge in [0.1, 0.15) is 0 Å². The summed E-state index contributed by atoms with van der Waals surface area (Å²) in [4.78, 5) is 5.52. The maximum Gasteiger partial charge on any atom is 0.0483 e. The van der Waals surface area contributed by atoms with Crippen LogP contribution in [0.15, 0.2) is 0 Å². The van der Waals surface area contributed by atoms with Crippen molar-refractivity contribution in [1.29, 1.82) is 0 Å². The lowest BCUT2D eigenvalue weighted by atomic mass is 9.72. The molecule has 0 aliphatic carbocycles. The van der Waals surface area contributed by atoms with Gasteiger partial charge in [0.05, 0.1) is 0 Å². The van der Waals surface area contributed by atoms with Crippen LogP contribution in [0.3, 0.4) is 0 Å². The van der Waals surface area contributed by atoms with Crippen LogP contribution in [-0.2, 0) is 0 Å². The van der Waals surface area contributed by atoms with Crippen LogP contribution in [0.25, 0.3) is 0 Å². The zero-order valence-corrected chi connectivity index (χ0v) is 25.4. The molecule has 3 nitrogen and oxygen atoms in total. The summed E-state index contributed by atoms with van der Waals surface area (Å²) in [6, 6.07) is 0.745. The summed E-state index contributed by atoms with van der Waals surface area (Å²) in [5.74, 6) is 0.953. The van der Waals surface area contributed by atoms with Crippen LogP contribution in [-0.4, -0.2) is 55.2 Å². The molecular weight excluding hydrogens is 438 g/mol. The third-order valence-corrected chi connectivity index (χ3v) is 9.10. The smallest absolute Gasteiger partial charge is 0.0483 e. The van der Waals surface area contributed by atoms with Gasteiger partial charge in [-0.3, -0.25) is 4.90 Å². The Bertz CT molecular complexity index is 493. The molecule has 214 valence electrons. The second-order valence-corrected chi connectivity index (χ2v) is 13.0. The molecule has 0 aromatic rings. The Morgan fingerprint density at radius 3 is 1.50 bits per heavy atom. The van der Waals surface area contributed by atoms with E-state index in [-0.39, 0.29) is 0 Å². The Balaban J connectivity index is 1.63. The molecule has 2 fully saturated rings. The van der Waals surface area contributed by atoms with Crippen molar-refractivity contribution in [3.63, 3.8) is 0 Å². The Morgan fingerprint density at radius 2 is 0.944 bits per heavy atom. The first-order valence-corrected chi connectivity index (χ1v) is 16.8. The van der Waals surface area contributed by atoms with Gasteiger partial charge in [0.2, 0.25) is 0 Å². The Hall–Kier alpha value is -0.120. The van der Waals surface area contributed by atoms with Gasteiger partial charge in [-0.1, -0.05) is 130 Å². The van der Waals surface area contributed by atoms with E-state index in [1.165, 1.54) is 161 Å². The van der Waals surface area contributed by atoms with Crippen molar-refractivity contribution in [2.75, 3.05) is 39.4 Å². The molecule has 1 spiro atoms. The van der Waals surface area contributed by atoms with E-state index in [0.717, 1.165) is 18.6 Å². The predicted molar refractivity (Wildman–Crippen MR) is 161 cm³/mol. The normalized spacial score (nSPS) is 19.3. The third-order valence-electron chi connectivity index (χ3n) is 9.10. The van der Waals surface area contributed by atoms with Gasteiger partial charge in [-0.05, 0) is 31.6 Å². The molecule has 3 heteroatoms. The van der Waals surface area contributed by atoms with Crippen molar-refractivity contribution in [3.05, 3.63) is 0 Å². The van der Waals surface area contributed by atoms with Gasteiger partial charge < -0.3 is 10.2 Å². The summed E-state index contributed by atoms with van der Waals surface area (Å²) in [5.41, 5.74) is 0.647. The van der Waals surface area contributed by atoms with E-state index in [1.54, 1.807) is 0 Å². The first-order chi connectivity index (χ1) is 17.6. The summed E-state index contributed by atoms with van der Waals surface area (Å²) in [7, 11) is 0. The van der Waals surface area contributed by atoms with Crippen LogP contribution in [0, 0.1) is 11.3 Å². The van der Waals surface area contributed by atoms with Gasteiger partial charge in [0.15, 0.2) is 0 Å². The molecule has 36 heavy (non-hydrogen) atoms. The molecule has 2 aliphatic heterocycles. The fraction of sp³-hybridized carbons (Fsp3) is 1.00. The fourth-order valence-corrected chi connectivity index (χ4v) is 6.90. The van der Waals surface area contributed by atoms with Crippen molar-refractivity contribution in [2.24, 2.45) is 11.3 Å². The highest BCUT2D eigenvalue weighted by Crippen LogP contribution is 2.40. The molecule has 0 amide bonds. The first kappa shape index (κ1) is 32.1. The minimum absolute atomic E-state index is 0.647. The van der Waals surface area contributed by atoms with E-state index >= 15 is 0 Å². The topological polar surface area (TPSA) is 18.5 Å². The van der Waals surface area contributed by atoms with E-state index in [1.807, 2.05) is 0 Å². The van der Waals surface area contributed by atoms with E-state index < -0.39 is 0 Å². The molecule has 0 aromatic heterocycles. The number of hydrogen-bond donors (Lipinski definition) is 1. The summed E-state index contributed by atoms with van der Waals surface area (Å²) in [5, 5.41) is 3.99. The molecule has 2 saturated heterocycles. The lowest BCUT2D eigenvalue weighted by Crippen LogP contribution is -2.73. The maximum absolute atomic E-state index is 3.99. The van der Waals surface area contributed by atoms with Crippen LogP contribution in [0.5, 0.6) is 0 Å². The maximum atomic E-state index is 3.99. The minimum Gasteiger partial charge on any atom is -0.302 e. The van der Waals surface area contributed by atoms with Crippen molar-refractivity contribution in [1.82, 2.24) is 15.1 Å². The van der Waals surface area contributed by atoms with Gasteiger partial charge >= 0.3 is 0 Å². The fourth-order valence-electron chi connectivity index (χ4n) is 6.90. The highest BCUT2D eigenvalue weighted by Gasteiger charge is 2.51. The third kappa shape index (κ3) is 13.1. The molecule has 0 saturated carbocycles. The zero-order chi connectivity index (χ0) is 25.9. The minimum atomic E-state index is 0.647. The van der Waals surface area contributed by atoms with Crippen LogP contribution >= 0.6 is 0 Å². The van der Waals surface area contributed by atoms with Crippen LogP contribution < -0.4 is 5.32 Å². The average molecular weight is 506 g/mol. The van der Waals surface area contributed by atoms with Crippen LogP contribution in [0.4, 0.5) is 0 Å². The monoisotopic (exact) mass is 506 g/mol. The lowest BCUT2D eigenvalue weighted by molar-refractivity contribution is -0.122. The Morgan fingerprint density at radius 1 is 0.528 bits per heavy atom. The number of unbranched alkanes of at least 4 members (excludes halogenated alkanes) is 12. The molecule has 2 rings (SSSR count). The Kier molecular flexibility index (Phi) is 17.7. The van der Waals surface area contributed by atoms with Crippen LogP contribution in [0.1, 0.15) is 156 Å². The lowest BCUT2D eigenvalue weighted by Gasteiger charge is -2.61. The van der Waals surface area contributed by atoms with E-state index in [4.69, 9.17) is 0 Å². The number of hydrogen-bond acceptors (Lipinski definition) is 3. The largest absolute Gasteiger partial charge is 0.302 e. The molecule has 2 aliphatic rings. The molecule has 2 unspecified atom stereocenters. The number of rotatable bonds is 25. The Labute approximate surface area is 227 Å². The highest BCUT2D eigenvalue weighted by atomic mass is 15.3. The summed E-state index contributed by atoms with van der Waals surface area (Å²) in [6.45, 7) is 17.3. The second kappa shape index (κ2) is 19.9. The van der Waals surface area contributed by atoms with Crippen molar-refractivity contribution < 1.29 is 0 Å². The number of nitrogens with zero attached hydrogens (tertiary/aromatic N) is 2. The number of likely N-dealkylation sites (tertiary alicyclic amines) is 2. The van der Waals surface area contributed by atoms with Gasteiger partial charge in [-0.2, -0.15) is 0 Å². The standard InChI is InChI=1S/C33H67N3/c1-5-9-13-16-20-24-32(23-19-15-11-7-3)34-30-36-28-33(29-36)26-35(27-33)25-31(21-17-12-8-4)22-18-14-10-6-2/h31-32,34H,5-30H2,1-4H3. The van der Waals surface area contributed by atoms with E-state index in [2.05, 4.69) is 42.8 Å². The van der Waals surface area contributed by atoms with Gasteiger partial charge in [0, 0.05) is 50.8 Å².